The Kier molecular flexibility index (Phi) is 6.36. The first-order valence-electron chi connectivity index (χ1n) is 8.73. The number of hydrogen-bond acceptors (Lipinski definition) is 4. The van der Waals surface area contributed by atoms with Crippen LogP contribution in [0.2, 0.25) is 0 Å². The molecule has 0 radical (unpaired) electrons. The molecule has 1 aromatic heterocycles. The van der Waals surface area contributed by atoms with Crippen LogP contribution >= 0.6 is 0 Å². The van der Waals surface area contributed by atoms with Crippen molar-refractivity contribution in [1.82, 2.24) is 25.1 Å². The Balaban J connectivity index is 2.13. The maximum absolute atomic E-state index is 12.5. The molecule has 24 heavy (non-hydrogen) atoms. The first-order chi connectivity index (χ1) is 11.4. The molecule has 0 spiro atoms. The number of rotatable bonds is 7. The van der Waals surface area contributed by atoms with Gasteiger partial charge in [0.25, 0.3) is 11.8 Å². The number of hydrogen-bond donors (Lipinski definition) is 2. The van der Waals surface area contributed by atoms with Crippen molar-refractivity contribution in [3.63, 3.8) is 0 Å². The van der Waals surface area contributed by atoms with Gasteiger partial charge in [-0.1, -0.05) is 0 Å². The van der Waals surface area contributed by atoms with Crippen molar-refractivity contribution in [2.75, 3.05) is 27.2 Å². The van der Waals surface area contributed by atoms with Gasteiger partial charge in [-0.15, -0.1) is 0 Å². The van der Waals surface area contributed by atoms with E-state index < -0.39 is 0 Å². The van der Waals surface area contributed by atoms with Crippen molar-refractivity contribution < 1.29 is 9.59 Å². The van der Waals surface area contributed by atoms with Gasteiger partial charge in [-0.05, 0) is 60.2 Å². The average Bonchev–Trinajstić information content (AvgIpc) is 2.90. The molecule has 7 heteroatoms. The van der Waals surface area contributed by atoms with Crippen molar-refractivity contribution in [2.24, 2.45) is 0 Å². The Bertz CT molecular complexity index is 592. The summed E-state index contributed by atoms with van der Waals surface area (Å²) >= 11 is 0. The minimum Gasteiger partial charge on any atom is -0.349 e. The molecule has 0 fully saturated rings. The molecular weight excluding hydrogens is 306 g/mol. The summed E-state index contributed by atoms with van der Waals surface area (Å²) in [4.78, 5) is 31.3. The van der Waals surface area contributed by atoms with Crippen LogP contribution in [0.15, 0.2) is 0 Å². The lowest BCUT2D eigenvalue weighted by Crippen LogP contribution is -2.31. The zero-order valence-electron chi connectivity index (χ0n) is 15.2. The standard InChI is InChI=1S/C17H29N5O2/c1-12(2)19-16(23)14-13-8-5-6-11-22(13)15(20-14)17(24)18-9-7-10-21(3)4/h12H,5-11H2,1-4H3,(H,18,24)(H,19,23). The molecule has 2 amide bonds. The lowest BCUT2D eigenvalue weighted by molar-refractivity contribution is 0.0935. The molecule has 0 bridgehead atoms. The molecule has 0 aromatic carbocycles. The summed E-state index contributed by atoms with van der Waals surface area (Å²) < 4.78 is 1.92. The number of nitrogens with one attached hydrogen (secondary N) is 2. The number of imidazole rings is 1. The number of fused-ring (bicyclic) bond motifs is 1. The van der Waals surface area contributed by atoms with Gasteiger partial charge in [0.2, 0.25) is 0 Å². The first-order valence-corrected chi connectivity index (χ1v) is 8.73. The van der Waals surface area contributed by atoms with Gasteiger partial charge in [-0.25, -0.2) is 4.98 Å². The highest BCUT2D eigenvalue weighted by Crippen LogP contribution is 2.21. The highest BCUT2D eigenvalue weighted by molar-refractivity contribution is 5.97. The van der Waals surface area contributed by atoms with E-state index in [1.807, 2.05) is 32.5 Å². The maximum Gasteiger partial charge on any atom is 0.287 e. The Hall–Kier alpha value is -1.89. The number of amides is 2. The normalized spacial score (nSPS) is 13.9. The summed E-state index contributed by atoms with van der Waals surface area (Å²) in [5.41, 5.74) is 1.29. The topological polar surface area (TPSA) is 79.3 Å². The molecule has 0 atom stereocenters. The SMILES string of the molecule is CC(C)NC(=O)c1nc(C(=O)NCCCN(C)C)n2c1CCCC2. The summed E-state index contributed by atoms with van der Waals surface area (Å²) in [6.07, 6.45) is 3.71. The molecule has 0 saturated heterocycles. The smallest absolute Gasteiger partial charge is 0.287 e. The minimum absolute atomic E-state index is 0.0433. The molecule has 1 aliphatic heterocycles. The Morgan fingerprint density at radius 3 is 2.67 bits per heavy atom. The fourth-order valence-electron chi connectivity index (χ4n) is 2.91. The second kappa shape index (κ2) is 8.28. The van der Waals surface area contributed by atoms with E-state index in [1.165, 1.54) is 0 Å². The van der Waals surface area contributed by atoms with E-state index in [2.05, 4.69) is 20.5 Å². The summed E-state index contributed by atoms with van der Waals surface area (Å²) in [5.74, 6) is -0.0220. The third-order valence-corrected chi connectivity index (χ3v) is 4.02. The van der Waals surface area contributed by atoms with Gasteiger partial charge in [-0.2, -0.15) is 0 Å². The van der Waals surface area contributed by atoms with Gasteiger partial charge >= 0.3 is 0 Å². The van der Waals surface area contributed by atoms with Crippen molar-refractivity contribution >= 4 is 11.8 Å². The van der Waals surface area contributed by atoms with Crippen LogP contribution in [0.5, 0.6) is 0 Å². The minimum atomic E-state index is -0.194. The van der Waals surface area contributed by atoms with Crippen LogP contribution in [0.3, 0.4) is 0 Å². The van der Waals surface area contributed by atoms with Crippen LogP contribution in [0, 0.1) is 0 Å². The fourth-order valence-corrected chi connectivity index (χ4v) is 2.91. The van der Waals surface area contributed by atoms with Gasteiger partial charge in [-0.3, -0.25) is 9.59 Å². The van der Waals surface area contributed by atoms with Crippen molar-refractivity contribution in [2.45, 2.75) is 52.1 Å². The lowest BCUT2D eigenvalue weighted by Gasteiger charge is -2.17. The highest BCUT2D eigenvalue weighted by Gasteiger charge is 2.27. The molecule has 1 aromatic rings. The third-order valence-electron chi connectivity index (χ3n) is 4.02. The lowest BCUT2D eigenvalue weighted by atomic mass is 10.1. The average molecular weight is 335 g/mol. The van der Waals surface area contributed by atoms with E-state index in [4.69, 9.17) is 0 Å². The van der Waals surface area contributed by atoms with E-state index in [-0.39, 0.29) is 17.9 Å². The van der Waals surface area contributed by atoms with Crippen LogP contribution in [-0.4, -0.2) is 59.5 Å². The second-order valence-corrected chi connectivity index (χ2v) is 6.88. The zero-order valence-corrected chi connectivity index (χ0v) is 15.2. The number of aromatic nitrogens is 2. The number of carbonyl (C=O) groups is 2. The van der Waals surface area contributed by atoms with Gasteiger partial charge in [0.15, 0.2) is 5.82 Å². The molecule has 2 N–H and O–H groups in total. The van der Waals surface area contributed by atoms with Crippen molar-refractivity contribution in [1.29, 1.82) is 0 Å². The molecule has 2 rings (SSSR count). The van der Waals surface area contributed by atoms with E-state index in [9.17, 15) is 9.59 Å². The van der Waals surface area contributed by atoms with Crippen LogP contribution in [0.1, 0.15) is 59.9 Å². The second-order valence-electron chi connectivity index (χ2n) is 6.88. The number of nitrogens with zero attached hydrogens (tertiary/aromatic N) is 3. The van der Waals surface area contributed by atoms with E-state index in [0.29, 0.717) is 18.1 Å². The van der Waals surface area contributed by atoms with Gasteiger partial charge in [0, 0.05) is 19.1 Å². The maximum atomic E-state index is 12.5. The molecule has 7 nitrogen and oxygen atoms in total. The summed E-state index contributed by atoms with van der Waals surface area (Å²) in [7, 11) is 4.01. The van der Waals surface area contributed by atoms with Crippen LogP contribution < -0.4 is 10.6 Å². The summed E-state index contributed by atoms with van der Waals surface area (Å²) in [6, 6.07) is 0.0433. The first kappa shape index (κ1) is 18.4. The Morgan fingerprint density at radius 1 is 1.25 bits per heavy atom. The fraction of sp³-hybridized carbons (Fsp3) is 0.706. The zero-order chi connectivity index (χ0) is 17.7. The molecule has 0 unspecified atom stereocenters. The quantitative estimate of drug-likeness (QED) is 0.730. The molecule has 0 aliphatic carbocycles. The molecular formula is C17H29N5O2. The summed E-state index contributed by atoms with van der Waals surface area (Å²) in [5, 5.41) is 5.79. The van der Waals surface area contributed by atoms with Crippen LogP contribution in [0.4, 0.5) is 0 Å². The van der Waals surface area contributed by atoms with Crippen LogP contribution in [0.25, 0.3) is 0 Å². The molecule has 134 valence electrons. The van der Waals surface area contributed by atoms with E-state index in [0.717, 1.165) is 44.5 Å². The van der Waals surface area contributed by atoms with Crippen molar-refractivity contribution in [3.05, 3.63) is 17.2 Å². The molecule has 2 heterocycles. The molecule has 0 saturated carbocycles. The van der Waals surface area contributed by atoms with Gasteiger partial charge in [0.05, 0.1) is 5.69 Å². The highest BCUT2D eigenvalue weighted by atomic mass is 16.2. The predicted molar refractivity (Wildman–Crippen MR) is 93.3 cm³/mol. The largest absolute Gasteiger partial charge is 0.349 e. The van der Waals surface area contributed by atoms with Crippen molar-refractivity contribution in [3.8, 4) is 0 Å². The predicted octanol–water partition coefficient (Wildman–Crippen LogP) is 1.04. The monoisotopic (exact) mass is 335 g/mol. The Morgan fingerprint density at radius 2 is 2.00 bits per heavy atom. The Labute approximate surface area is 143 Å². The van der Waals surface area contributed by atoms with E-state index in [1.54, 1.807) is 0 Å². The summed E-state index contributed by atoms with van der Waals surface area (Å²) in [6.45, 7) is 6.10. The number of carbonyl (C=O) groups excluding carboxylic acids is 2. The third kappa shape index (κ3) is 4.56. The van der Waals surface area contributed by atoms with Gasteiger partial charge < -0.3 is 20.1 Å². The molecule has 1 aliphatic rings. The van der Waals surface area contributed by atoms with E-state index >= 15 is 0 Å². The van der Waals surface area contributed by atoms with Crippen LogP contribution in [-0.2, 0) is 13.0 Å². The van der Waals surface area contributed by atoms with Gasteiger partial charge in [0.1, 0.15) is 5.69 Å².